The third-order valence-electron chi connectivity index (χ3n) is 3.90. The van der Waals surface area contributed by atoms with E-state index in [-0.39, 0.29) is 12.1 Å². The zero-order valence-electron chi connectivity index (χ0n) is 13.9. The Kier molecular flexibility index (Phi) is 7.23. The molecule has 2 atom stereocenters. The number of nitrogens with one attached hydrogen (secondary N) is 2. The summed E-state index contributed by atoms with van der Waals surface area (Å²) in [5.74, 6) is 0. The van der Waals surface area contributed by atoms with Gasteiger partial charge < -0.3 is 15.5 Å². The van der Waals surface area contributed by atoms with Gasteiger partial charge in [0.1, 0.15) is 0 Å². The van der Waals surface area contributed by atoms with E-state index in [1.165, 1.54) is 5.56 Å². The van der Waals surface area contributed by atoms with Gasteiger partial charge in [-0.3, -0.25) is 0 Å². The Balaban J connectivity index is 2.68. The number of rotatable bonds is 7. The van der Waals surface area contributed by atoms with Crippen LogP contribution in [0.3, 0.4) is 0 Å². The van der Waals surface area contributed by atoms with Gasteiger partial charge >= 0.3 is 6.03 Å². The fourth-order valence-corrected chi connectivity index (χ4v) is 2.35. The number of hydrogen-bond donors (Lipinski definition) is 2. The summed E-state index contributed by atoms with van der Waals surface area (Å²) in [7, 11) is 0. The average molecular weight is 291 g/mol. The molecule has 0 aliphatic heterocycles. The summed E-state index contributed by atoms with van der Waals surface area (Å²) >= 11 is 0. The van der Waals surface area contributed by atoms with Gasteiger partial charge in [-0.1, -0.05) is 26.0 Å². The number of benzene rings is 1. The maximum Gasteiger partial charge on any atom is 0.322 e. The van der Waals surface area contributed by atoms with Crippen LogP contribution >= 0.6 is 0 Å². The number of amides is 2. The van der Waals surface area contributed by atoms with Crippen LogP contribution in [0.25, 0.3) is 0 Å². The normalized spacial score (nSPS) is 13.6. The molecular weight excluding hydrogens is 262 g/mol. The van der Waals surface area contributed by atoms with Crippen LogP contribution in [0.5, 0.6) is 0 Å². The second-order valence-electron chi connectivity index (χ2n) is 5.37. The van der Waals surface area contributed by atoms with Crippen LogP contribution in [0.15, 0.2) is 24.3 Å². The molecule has 2 N–H and O–H groups in total. The highest BCUT2D eigenvalue weighted by atomic mass is 16.2. The van der Waals surface area contributed by atoms with Gasteiger partial charge in [-0.2, -0.15) is 0 Å². The summed E-state index contributed by atoms with van der Waals surface area (Å²) in [4.78, 5) is 14.1. The van der Waals surface area contributed by atoms with Gasteiger partial charge in [-0.05, 0) is 51.4 Å². The molecule has 1 aromatic rings. The molecule has 0 saturated heterocycles. The molecule has 0 aliphatic carbocycles. The molecule has 0 saturated carbocycles. The zero-order chi connectivity index (χ0) is 15.8. The summed E-state index contributed by atoms with van der Waals surface area (Å²) < 4.78 is 0. The maximum absolute atomic E-state index is 12.3. The van der Waals surface area contributed by atoms with Gasteiger partial charge in [0, 0.05) is 24.3 Å². The van der Waals surface area contributed by atoms with Crippen LogP contribution in [-0.4, -0.2) is 30.1 Å². The Labute approximate surface area is 128 Å². The molecule has 4 heteroatoms. The number of carbonyl (C=O) groups excluding carboxylic acids is 1. The summed E-state index contributed by atoms with van der Waals surface area (Å²) in [5, 5.41) is 6.35. The molecule has 21 heavy (non-hydrogen) atoms. The minimum Gasteiger partial charge on any atom is -0.322 e. The third kappa shape index (κ3) is 5.05. The summed E-state index contributed by atoms with van der Waals surface area (Å²) in [6.45, 7) is 12.1. The quantitative estimate of drug-likeness (QED) is 0.797. The van der Waals surface area contributed by atoms with Crippen molar-refractivity contribution < 1.29 is 4.79 Å². The predicted octanol–water partition coefficient (Wildman–Crippen LogP) is 4.01. The molecular formula is C17H29N3O. The summed E-state index contributed by atoms with van der Waals surface area (Å²) in [6, 6.07) is 8.59. The van der Waals surface area contributed by atoms with E-state index in [2.05, 4.69) is 50.5 Å². The Morgan fingerprint density at radius 1 is 1.14 bits per heavy atom. The number of anilines is 1. The number of carbonyl (C=O) groups is 1. The molecule has 1 rings (SSSR count). The average Bonchev–Trinajstić information content (AvgIpc) is 2.48. The first kappa shape index (κ1) is 17.5. The molecule has 0 fully saturated rings. The van der Waals surface area contributed by atoms with E-state index in [1.807, 2.05) is 24.0 Å². The summed E-state index contributed by atoms with van der Waals surface area (Å²) in [6.07, 6.45) is 0.959. The molecule has 0 radical (unpaired) electrons. The number of hydrogen-bond acceptors (Lipinski definition) is 2. The van der Waals surface area contributed by atoms with Crippen LogP contribution in [0, 0.1) is 0 Å². The highest BCUT2D eigenvalue weighted by Crippen LogP contribution is 2.16. The van der Waals surface area contributed by atoms with E-state index < -0.39 is 0 Å². The van der Waals surface area contributed by atoms with Crippen molar-refractivity contribution in [3.8, 4) is 0 Å². The van der Waals surface area contributed by atoms with E-state index in [0.29, 0.717) is 6.04 Å². The Morgan fingerprint density at radius 2 is 1.76 bits per heavy atom. The molecule has 2 unspecified atom stereocenters. The molecule has 0 aliphatic rings. The molecule has 0 bridgehead atoms. The molecule has 1 aromatic carbocycles. The zero-order valence-corrected chi connectivity index (χ0v) is 13.9. The highest BCUT2D eigenvalue weighted by Gasteiger charge is 2.16. The van der Waals surface area contributed by atoms with Gasteiger partial charge in [-0.15, -0.1) is 0 Å². The van der Waals surface area contributed by atoms with Crippen molar-refractivity contribution in [1.82, 2.24) is 10.2 Å². The van der Waals surface area contributed by atoms with Crippen LogP contribution in [0.1, 0.15) is 52.6 Å². The minimum atomic E-state index is -0.0284. The molecule has 2 amide bonds. The molecule has 0 heterocycles. The molecule has 0 spiro atoms. The third-order valence-corrected chi connectivity index (χ3v) is 3.90. The highest BCUT2D eigenvalue weighted by molar-refractivity contribution is 5.89. The van der Waals surface area contributed by atoms with Crippen LogP contribution in [0.4, 0.5) is 10.5 Å². The van der Waals surface area contributed by atoms with Crippen LogP contribution in [-0.2, 0) is 0 Å². The molecule has 118 valence electrons. The summed E-state index contributed by atoms with van der Waals surface area (Å²) in [5.41, 5.74) is 2.07. The van der Waals surface area contributed by atoms with Crippen LogP contribution in [0.2, 0.25) is 0 Å². The number of nitrogens with zero attached hydrogens (tertiary/aromatic N) is 1. The first-order valence-corrected chi connectivity index (χ1v) is 7.94. The van der Waals surface area contributed by atoms with Crippen LogP contribution < -0.4 is 10.6 Å². The fraction of sp³-hybridized carbons (Fsp3) is 0.588. The van der Waals surface area contributed by atoms with E-state index in [1.54, 1.807) is 0 Å². The largest absolute Gasteiger partial charge is 0.322 e. The fourth-order valence-electron chi connectivity index (χ4n) is 2.35. The lowest BCUT2D eigenvalue weighted by molar-refractivity contribution is 0.195. The van der Waals surface area contributed by atoms with Gasteiger partial charge in [0.05, 0.1) is 0 Å². The minimum absolute atomic E-state index is 0.0284. The van der Waals surface area contributed by atoms with Gasteiger partial charge in [0.15, 0.2) is 0 Å². The maximum atomic E-state index is 12.3. The first-order chi connectivity index (χ1) is 10.0. The van der Waals surface area contributed by atoms with Gasteiger partial charge in [-0.25, -0.2) is 4.79 Å². The van der Waals surface area contributed by atoms with Crippen molar-refractivity contribution in [1.29, 1.82) is 0 Å². The Morgan fingerprint density at radius 3 is 2.24 bits per heavy atom. The SMILES string of the molecule is CCNC(C)c1ccc(NC(=O)N(CC)C(C)CC)cc1. The van der Waals surface area contributed by atoms with Crippen molar-refractivity contribution in [3.05, 3.63) is 29.8 Å². The van der Waals surface area contributed by atoms with E-state index in [4.69, 9.17) is 0 Å². The monoisotopic (exact) mass is 291 g/mol. The van der Waals surface area contributed by atoms with Gasteiger partial charge in [0.25, 0.3) is 0 Å². The van der Waals surface area contributed by atoms with Crippen molar-refractivity contribution >= 4 is 11.7 Å². The lowest BCUT2D eigenvalue weighted by Gasteiger charge is -2.27. The Bertz CT molecular complexity index is 430. The van der Waals surface area contributed by atoms with Crippen molar-refractivity contribution in [3.63, 3.8) is 0 Å². The molecule has 0 aromatic heterocycles. The number of urea groups is 1. The topological polar surface area (TPSA) is 44.4 Å². The van der Waals surface area contributed by atoms with E-state index in [0.717, 1.165) is 25.2 Å². The van der Waals surface area contributed by atoms with Crippen molar-refractivity contribution in [2.75, 3.05) is 18.4 Å². The Hall–Kier alpha value is -1.55. The predicted molar refractivity (Wildman–Crippen MR) is 89.7 cm³/mol. The standard InChI is InChI=1S/C17H29N3O/c1-6-13(4)20(8-3)17(21)19-16-11-9-15(10-12-16)14(5)18-7-2/h9-14,18H,6-8H2,1-5H3,(H,19,21). The lowest BCUT2D eigenvalue weighted by Crippen LogP contribution is -2.40. The second-order valence-corrected chi connectivity index (χ2v) is 5.37. The van der Waals surface area contributed by atoms with Crippen molar-refractivity contribution in [2.45, 2.75) is 53.1 Å². The van der Waals surface area contributed by atoms with E-state index in [9.17, 15) is 4.79 Å². The molecule has 4 nitrogen and oxygen atoms in total. The van der Waals surface area contributed by atoms with Gasteiger partial charge in [0.2, 0.25) is 0 Å². The van der Waals surface area contributed by atoms with Crippen molar-refractivity contribution in [2.24, 2.45) is 0 Å². The lowest BCUT2D eigenvalue weighted by atomic mass is 10.1. The second kappa shape index (κ2) is 8.67. The smallest absolute Gasteiger partial charge is 0.322 e. The van der Waals surface area contributed by atoms with E-state index >= 15 is 0 Å². The first-order valence-electron chi connectivity index (χ1n) is 7.94.